The fourth-order valence-corrected chi connectivity index (χ4v) is 2.92. The lowest BCUT2D eigenvalue weighted by Crippen LogP contribution is -2.28. The summed E-state index contributed by atoms with van der Waals surface area (Å²) in [6.07, 6.45) is 2.33. The van der Waals surface area contributed by atoms with Crippen LogP contribution in [0.2, 0.25) is 5.02 Å². The van der Waals surface area contributed by atoms with Crippen molar-refractivity contribution in [3.63, 3.8) is 0 Å². The van der Waals surface area contributed by atoms with Crippen molar-refractivity contribution in [1.29, 1.82) is 0 Å². The van der Waals surface area contributed by atoms with Crippen molar-refractivity contribution in [2.75, 3.05) is 19.0 Å². The van der Waals surface area contributed by atoms with E-state index in [1.807, 2.05) is 49.4 Å². The largest absolute Gasteiger partial charge is 0.494 e. The van der Waals surface area contributed by atoms with Gasteiger partial charge in [0.2, 0.25) is 0 Å². The highest BCUT2D eigenvalue weighted by Crippen LogP contribution is 2.30. The molecule has 152 valence electrons. The Hall–Kier alpha value is -2.83. The molecule has 0 saturated carbocycles. The van der Waals surface area contributed by atoms with Gasteiger partial charge in [-0.05, 0) is 42.8 Å². The third kappa shape index (κ3) is 6.07. The van der Waals surface area contributed by atoms with Crippen LogP contribution in [0.5, 0.6) is 5.75 Å². The highest BCUT2D eigenvalue weighted by atomic mass is 35.5. The zero-order chi connectivity index (χ0) is 19.9. The number of pyridine rings is 2. The standard InChI is InChI=1S/C21H21ClN4O2.ClH/c1-3-23-21(27)26-19-10-7-14(13-24-19)11-17-8-9-18(28-2)20(25-17)15-5-4-6-16(22)12-15;/h4-10,12-13H,3,11H2,1-2H3,(H2,23,24,26,27);1H. The Balaban J connectivity index is 0.00000300. The van der Waals surface area contributed by atoms with Crippen molar-refractivity contribution in [2.45, 2.75) is 13.3 Å². The van der Waals surface area contributed by atoms with Crippen molar-refractivity contribution in [3.8, 4) is 17.0 Å². The summed E-state index contributed by atoms with van der Waals surface area (Å²) in [6, 6.07) is 14.8. The maximum absolute atomic E-state index is 11.6. The molecule has 2 heterocycles. The van der Waals surface area contributed by atoms with Crippen LogP contribution >= 0.6 is 24.0 Å². The zero-order valence-corrected chi connectivity index (χ0v) is 17.7. The van der Waals surface area contributed by atoms with Crippen LogP contribution in [0, 0.1) is 0 Å². The summed E-state index contributed by atoms with van der Waals surface area (Å²) in [4.78, 5) is 20.6. The quantitative estimate of drug-likeness (QED) is 0.576. The maximum Gasteiger partial charge on any atom is 0.320 e. The van der Waals surface area contributed by atoms with E-state index >= 15 is 0 Å². The van der Waals surface area contributed by atoms with Crippen LogP contribution in [0.4, 0.5) is 10.6 Å². The zero-order valence-electron chi connectivity index (χ0n) is 16.1. The molecular formula is C21H22Cl2N4O2. The van der Waals surface area contributed by atoms with Gasteiger partial charge in [-0.25, -0.2) is 14.8 Å². The van der Waals surface area contributed by atoms with Gasteiger partial charge in [-0.3, -0.25) is 5.32 Å². The van der Waals surface area contributed by atoms with Crippen LogP contribution in [0.15, 0.2) is 54.7 Å². The van der Waals surface area contributed by atoms with E-state index < -0.39 is 0 Å². The number of nitrogens with zero attached hydrogens (tertiary/aromatic N) is 2. The highest BCUT2D eigenvalue weighted by Gasteiger charge is 2.10. The molecule has 8 heteroatoms. The molecule has 0 unspecified atom stereocenters. The summed E-state index contributed by atoms with van der Waals surface area (Å²) in [5.41, 5.74) is 3.49. The van der Waals surface area contributed by atoms with Gasteiger partial charge in [0.05, 0.1) is 7.11 Å². The average Bonchev–Trinajstić information content (AvgIpc) is 2.69. The first-order chi connectivity index (χ1) is 13.6. The number of methoxy groups -OCH3 is 1. The van der Waals surface area contributed by atoms with Gasteiger partial charge >= 0.3 is 6.03 Å². The monoisotopic (exact) mass is 432 g/mol. The molecule has 0 atom stereocenters. The van der Waals surface area contributed by atoms with Gasteiger partial charge in [-0.2, -0.15) is 0 Å². The number of rotatable bonds is 6. The number of hydrogen-bond acceptors (Lipinski definition) is 4. The van der Waals surface area contributed by atoms with E-state index in [2.05, 4.69) is 15.6 Å². The number of hydrogen-bond donors (Lipinski definition) is 2. The summed E-state index contributed by atoms with van der Waals surface area (Å²) in [7, 11) is 1.62. The molecule has 6 nitrogen and oxygen atoms in total. The first-order valence-corrected chi connectivity index (χ1v) is 9.26. The Morgan fingerprint density at radius 1 is 1.17 bits per heavy atom. The van der Waals surface area contributed by atoms with Gasteiger partial charge in [0.1, 0.15) is 17.3 Å². The normalized spacial score (nSPS) is 10.0. The van der Waals surface area contributed by atoms with Crippen LogP contribution in [0.3, 0.4) is 0 Å². The molecule has 0 aliphatic rings. The second kappa shape index (κ2) is 10.6. The van der Waals surface area contributed by atoms with Gasteiger partial charge in [0, 0.05) is 35.4 Å². The molecule has 0 radical (unpaired) electrons. The first kappa shape index (κ1) is 22.5. The van der Waals surface area contributed by atoms with Crippen molar-refractivity contribution in [3.05, 3.63) is 71.0 Å². The van der Waals surface area contributed by atoms with E-state index in [9.17, 15) is 4.79 Å². The lowest BCUT2D eigenvalue weighted by atomic mass is 10.1. The minimum atomic E-state index is -0.272. The van der Waals surface area contributed by atoms with Crippen LogP contribution in [-0.4, -0.2) is 29.7 Å². The topological polar surface area (TPSA) is 76.1 Å². The van der Waals surface area contributed by atoms with E-state index in [-0.39, 0.29) is 18.4 Å². The number of halogens is 2. The van der Waals surface area contributed by atoms with Crippen LogP contribution in [-0.2, 0) is 6.42 Å². The molecule has 0 aliphatic carbocycles. The number of carbonyl (C=O) groups is 1. The molecule has 0 fully saturated rings. The molecule has 2 aromatic heterocycles. The van der Waals surface area contributed by atoms with E-state index in [0.717, 1.165) is 22.5 Å². The SMILES string of the molecule is CCNC(=O)Nc1ccc(Cc2ccc(OC)c(-c3cccc(Cl)c3)n2)cn1.Cl. The first-order valence-electron chi connectivity index (χ1n) is 8.88. The second-order valence-electron chi connectivity index (χ2n) is 6.08. The van der Waals surface area contributed by atoms with E-state index in [1.165, 1.54) is 0 Å². The fraction of sp³-hybridized carbons (Fsp3) is 0.190. The predicted molar refractivity (Wildman–Crippen MR) is 118 cm³/mol. The second-order valence-corrected chi connectivity index (χ2v) is 6.51. The van der Waals surface area contributed by atoms with Gasteiger partial charge < -0.3 is 10.1 Å². The highest BCUT2D eigenvalue weighted by molar-refractivity contribution is 6.30. The number of urea groups is 1. The summed E-state index contributed by atoms with van der Waals surface area (Å²) in [5.74, 6) is 1.18. The summed E-state index contributed by atoms with van der Waals surface area (Å²) in [6.45, 7) is 2.41. The summed E-state index contributed by atoms with van der Waals surface area (Å²) >= 11 is 6.12. The summed E-state index contributed by atoms with van der Waals surface area (Å²) in [5, 5.41) is 5.99. The molecular weight excluding hydrogens is 411 g/mol. The molecule has 3 rings (SSSR count). The van der Waals surface area contributed by atoms with Crippen molar-refractivity contribution < 1.29 is 9.53 Å². The Kier molecular flexibility index (Phi) is 8.24. The van der Waals surface area contributed by atoms with Gasteiger partial charge in [0.25, 0.3) is 0 Å². The van der Waals surface area contributed by atoms with E-state index in [4.69, 9.17) is 21.3 Å². The van der Waals surface area contributed by atoms with E-state index in [1.54, 1.807) is 19.4 Å². The average molecular weight is 433 g/mol. The van der Waals surface area contributed by atoms with Crippen molar-refractivity contribution in [1.82, 2.24) is 15.3 Å². The molecule has 2 N–H and O–H groups in total. The molecule has 0 spiro atoms. The van der Waals surface area contributed by atoms with Crippen molar-refractivity contribution in [2.24, 2.45) is 0 Å². The molecule has 0 aliphatic heterocycles. The third-order valence-corrected chi connectivity index (χ3v) is 4.26. The number of anilines is 1. The van der Waals surface area contributed by atoms with Gasteiger partial charge in [-0.1, -0.05) is 29.8 Å². The Morgan fingerprint density at radius 3 is 2.66 bits per heavy atom. The summed E-state index contributed by atoms with van der Waals surface area (Å²) < 4.78 is 5.45. The lowest BCUT2D eigenvalue weighted by Gasteiger charge is -2.11. The number of ether oxygens (including phenoxy) is 1. The van der Waals surface area contributed by atoms with Crippen LogP contribution < -0.4 is 15.4 Å². The van der Waals surface area contributed by atoms with Gasteiger partial charge in [0.15, 0.2) is 0 Å². The number of benzene rings is 1. The maximum atomic E-state index is 11.6. The van der Waals surface area contributed by atoms with Crippen LogP contribution in [0.25, 0.3) is 11.3 Å². The Morgan fingerprint density at radius 2 is 2.00 bits per heavy atom. The van der Waals surface area contributed by atoms with Crippen LogP contribution in [0.1, 0.15) is 18.2 Å². The van der Waals surface area contributed by atoms with Gasteiger partial charge in [-0.15, -0.1) is 12.4 Å². The Labute approximate surface area is 181 Å². The number of amides is 2. The minimum Gasteiger partial charge on any atom is -0.494 e. The van der Waals surface area contributed by atoms with E-state index in [0.29, 0.717) is 29.6 Å². The molecule has 0 saturated heterocycles. The predicted octanol–water partition coefficient (Wildman–Crippen LogP) is 4.96. The minimum absolute atomic E-state index is 0. The third-order valence-electron chi connectivity index (χ3n) is 4.02. The Bertz CT molecular complexity index is 965. The molecule has 0 bridgehead atoms. The lowest BCUT2D eigenvalue weighted by molar-refractivity contribution is 0.252. The fourth-order valence-electron chi connectivity index (χ4n) is 2.73. The molecule has 1 aromatic carbocycles. The smallest absolute Gasteiger partial charge is 0.320 e. The van der Waals surface area contributed by atoms with Crippen molar-refractivity contribution >= 4 is 35.9 Å². The number of carbonyl (C=O) groups excluding carboxylic acids is 1. The number of aromatic nitrogens is 2. The number of nitrogens with one attached hydrogen (secondary N) is 2. The molecule has 2 amide bonds. The molecule has 29 heavy (non-hydrogen) atoms. The molecule has 3 aromatic rings.